The van der Waals surface area contributed by atoms with Crippen molar-refractivity contribution in [2.75, 3.05) is 5.73 Å². The number of hydrogen-bond donors (Lipinski definition) is 2. The van der Waals surface area contributed by atoms with Gasteiger partial charge in [-0.3, -0.25) is 0 Å². The SMILES string of the molecule is Cc1cc(SC2=C(O)C[C@@](CCc3ccccc3)(c3ccccc3)OC2=O)c(C(C)(C)C)cc1N. The van der Waals surface area contributed by atoms with Crippen LogP contribution in [0.5, 0.6) is 0 Å². The summed E-state index contributed by atoms with van der Waals surface area (Å²) in [6.45, 7) is 8.28. The van der Waals surface area contributed by atoms with Gasteiger partial charge in [0, 0.05) is 10.6 Å². The van der Waals surface area contributed by atoms with Crippen molar-refractivity contribution in [3.05, 3.63) is 106 Å². The van der Waals surface area contributed by atoms with Gasteiger partial charge in [0.25, 0.3) is 0 Å². The van der Waals surface area contributed by atoms with Gasteiger partial charge < -0.3 is 15.6 Å². The van der Waals surface area contributed by atoms with E-state index in [1.165, 1.54) is 11.8 Å². The summed E-state index contributed by atoms with van der Waals surface area (Å²) < 4.78 is 6.21. The van der Waals surface area contributed by atoms with Crippen LogP contribution in [0.25, 0.3) is 0 Å². The van der Waals surface area contributed by atoms with Crippen LogP contribution in [-0.2, 0) is 27.0 Å². The predicted octanol–water partition coefficient (Wildman–Crippen LogP) is 7.21. The second kappa shape index (κ2) is 9.82. The number of aliphatic hydroxyl groups excluding tert-OH is 1. The fourth-order valence-corrected chi connectivity index (χ4v) is 5.73. The maximum absolute atomic E-state index is 13.4. The number of nitrogens with two attached hydrogens (primary N) is 1. The molecule has 3 aromatic carbocycles. The molecule has 0 saturated carbocycles. The van der Waals surface area contributed by atoms with Crippen molar-refractivity contribution in [3.63, 3.8) is 0 Å². The number of rotatable bonds is 6. The summed E-state index contributed by atoms with van der Waals surface area (Å²) in [6, 6.07) is 23.8. The van der Waals surface area contributed by atoms with E-state index < -0.39 is 11.6 Å². The van der Waals surface area contributed by atoms with Crippen molar-refractivity contribution in [1.29, 1.82) is 0 Å². The molecule has 0 bridgehead atoms. The number of esters is 1. The fourth-order valence-electron chi connectivity index (χ4n) is 4.49. The molecule has 1 aliphatic heterocycles. The van der Waals surface area contributed by atoms with Gasteiger partial charge in [-0.05, 0) is 59.6 Å². The lowest BCUT2D eigenvalue weighted by Crippen LogP contribution is -2.38. The standard InChI is InChI=1S/C30H33NO3S/c1-20-17-26(23(18-24(20)31)29(2,3)4)35-27-25(32)19-30(34-28(27)33,22-13-9-6-10-14-22)16-15-21-11-7-5-8-12-21/h5-14,17-18,32H,15-16,19,31H2,1-4H3/t30-/m0/s1. The average molecular weight is 488 g/mol. The van der Waals surface area contributed by atoms with E-state index in [0.717, 1.165) is 33.6 Å². The van der Waals surface area contributed by atoms with Crippen LogP contribution in [0.15, 0.2) is 88.4 Å². The summed E-state index contributed by atoms with van der Waals surface area (Å²) in [5.41, 5.74) is 9.82. The topological polar surface area (TPSA) is 72.5 Å². The monoisotopic (exact) mass is 487 g/mol. The highest BCUT2D eigenvalue weighted by atomic mass is 32.2. The number of benzene rings is 3. The predicted molar refractivity (Wildman–Crippen MR) is 143 cm³/mol. The van der Waals surface area contributed by atoms with E-state index in [-0.39, 0.29) is 22.5 Å². The Bertz CT molecular complexity index is 1250. The largest absolute Gasteiger partial charge is 0.511 e. The molecule has 3 aromatic rings. The zero-order valence-corrected chi connectivity index (χ0v) is 21.6. The number of aliphatic hydroxyl groups is 1. The van der Waals surface area contributed by atoms with E-state index in [9.17, 15) is 9.90 Å². The highest BCUT2D eigenvalue weighted by molar-refractivity contribution is 8.04. The maximum atomic E-state index is 13.4. The molecule has 4 rings (SSSR count). The molecule has 1 atom stereocenters. The van der Waals surface area contributed by atoms with Crippen molar-refractivity contribution in [2.24, 2.45) is 0 Å². The summed E-state index contributed by atoms with van der Waals surface area (Å²) in [4.78, 5) is 14.6. The first-order chi connectivity index (χ1) is 16.6. The van der Waals surface area contributed by atoms with Crippen molar-refractivity contribution in [3.8, 4) is 0 Å². The third-order valence-electron chi connectivity index (χ3n) is 6.54. The van der Waals surface area contributed by atoms with Gasteiger partial charge in [0.1, 0.15) is 16.3 Å². The highest BCUT2D eigenvalue weighted by Gasteiger charge is 2.43. The minimum atomic E-state index is -0.924. The lowest BCUT2D eigenvalue weighted by Gasteiger charge is -2.38. The maximum Gasteiger partial charge on any atom is 0.349 e. The van der Waals surface area contributed by atoms with Gasteiger partial charge in [0.05, 0.1) is 6.42 Å². The van der Waals surface area contributed by atoms with Crippen molar-refractivity contribution in [2.45, 2.75) is 62.9 Å². The number of hydrogen-bond acceptors (Lipinski definition) is 5. The molecule has 0 aliphatic carbocycles. The molecule has 5 heteroatoms. The average Bonchev–Trinajstić information content (AvgIpc) is 2.82. The van der Waals surface area contributed by atoms with Gasteiger partial charge in [-0.1, -0.05) is 93.2 Å². The number of carbonyl (C=O) groups excluding carboxylic acids is 1. The third kappa shape index (κ3) is 5.40. The van der Waals surface area contributed by atoms with Crippen LogP contribution in [0, 0.1) is 6.92 Å². The summed E-state index contributed by atoms with van der Waals surface area (Å²) in [7, 11) is 0. The van der Waals surface area contributed by atoms with Crippen LogP contribution in [0.4, 0.5) is 5.69 Å². The molecular formula is C30H33NO3S. The highest BCUT2D eigenvalue weighted by Crippen LogP contribution is 2.47. The number of aryl methyl sites for hydroxylation is 2. The minimum Gasteiger partial charge on any atom is -0.511 e. The normalized spacial score (nSPS) is 18.5. The van der Waals surface area contributed by atoms with Crippen LogP contribution >= 0.6 is 11.8 Å². The van der Waals surface area contributed by atoms with Crippen molar-refractivity contribution < 1.29 is 14.6 Å². The Kier molecular flexibility index (Phi) is 7.00. The lowest BCUT2D eigenvalue weighted by atomic mass is 9.82. The van der Waals surface area contributed by atoms with E-state index in [4.69, 9.17) is 10.5 Å². The van der Waals surface area contributed by atoms with Gasteiger partial charge in [-0.15, -0.1) is 0 Å². The number of carbonyl (C=O) groups is 1. The molecule has 0 fully saturated rings. The molecule has 1 aliphatic rings. The van der Waals surface area contributed by atoms with Gasteiger partial charge >= 0.3 is 5.97 Å². The van der Waals surface area contributed by atoms with E-state index in [2.05, 4.69) is 32.9 Å². The number of nitrogen functional groups attached to an aromatic ring is 1. The van der Waals surface area contributed by atoms with Crippen LogP contribution in [0.2, 0.25) is 0 Å². The van der Waals surface area contributed by atoms with Gasteiger partial charge in [0.2, 0.25) is 0 Å². The second-order valence-electron chi connectivity index (χ2n) is 10.2. The van der Waals surface area contributed by atoms with Crippen molar-refractivity contribution in [1.82, 2.24) is 0 Å². The molecule has 0 saturated heterocycles. The van der Waals surface area contributed by atoms with Crippen LogP contribution in [-0.4, -0.2) is 11.1 Å². The molecule has 182 valence electrons. The Morgan fingerprint density at radius 2 is 1.66 bits per heavy atom. The van der Waals surface area contributed by atoms with Gasteiger partial charge in [0.15, 0.2) is 0 Å². The Hall–Kier alpha value is -3.18. The Morgan fingerprint density at radius 3 is 2.26 bits per heavy atom. The summed E-state index contributed by atoms with van der Waals surface area (Å²) in [5, 5.41) is 11.2. The van der Waals surface area contributed by atoms with E-state index in [1.54, 1.807) is 0 Å². The first kappa shape index (κ1) is 24.9. The Morgan fingerprint density at radius 1 is 1.03 bits per heavy atom. The van der Waals surface area contributed by atoms with E-state index >= 15 is 0 Å². The minimum absolute atomic E-state index is 0.0671. The molecule has 3 N–H and O–H groups in total. The number of thioether (sulfide) groups is 1. The Labute approximate surface area is 212 Å². The first-order valence-corrected chi connectivity index (χ1v) is 12.7. The van der Waals surface area contributed by atoms with Gasteiger partial charge in [-0.2, -0.15) is 0 Å². The first-order valence-electron chi connectivity index (χ1n) is 11.9. The fraction of sp³-hybridized carbons (Fsp3) is 0.300. The van der Waals surface area contributed by atoms with Crippen LogP contribution < -0.4 is 5.73 Å². The number of anilines is 1. The second-order valence-corrected chi connectivity index (χ2v) is 11.3. The molecule has 1 heterocycles. The summed E-state index contributed by atoms with van der Waals surface area (Å²) >= 11 is 1.27. The van der Waals surface area contributed by atoms with Crippen molar-refractivity contribution >= 4 is 23.4 Å². The third-order valence-corrected chi connectivity index (χ3v) is 7.70. The molecule has 4 nitrogen and oxygen atoms in total. The Balaban J connectivity index is 1.70. The zero-order chi connectivity index (χ0) is 25.2. The molecule has 0 radical (unpaired) electrons. The van der Waals surface area contributed by atoms with E-state index in [0.29, 0.717) is 12.1 Å². The van der Waals surface area contributed by atoms with E-state index in [1.807, 2.05) is 67.6 Å². The quantitative estimate of drug-likeness (QED) is 0.284. The molecule has 0 unspecified atom stereocenters. The summed E-state index contributed by atoms with van der Waals surface area (Å²) in [5.74, 6) is -0.428. The lowest BCUT2D eigenvalue weighted by molar-refractivity contribution is -0.160. The molecule has 0 amide bonds. The smallest absolute Gasteiger partial charge is 0.349 e. The molecular weight excluding hydrogens is 454 g/mol. The van der Waals surface area contributed by atoms with Crippen LogP contribution in [0.3, 0.4) is 0 Å². The number of cyclic esters (lactones) is 1. The molecule has 0 spiro atoms. The van der Waals surface area contributed by atoms with Crippen LogP contribution in [0.1, 0.15) is 55.9 Å². The zero-order valence-electron chi connectivity index (χ0n) is 20.8. The number of ether oxygens (including phenoxy) is 1. The van der Waals surface area contributed by atoms with Gasteiger partial charge in [-0.25, -0.2) is 4.79 Å². The molecule has 0 aromatic heterocycles. The molecule has 35 heavy (non-hydrogen) atoms. The summed E-state index contributed by atoms with van der Waals surface area (Å²) in [6.07, 6.45) is 1.53.